The van der Waals surface area contributed by atoms with Crippen molar-refractivity contribution in [3.05, 3.63) is 94.0 Å². The quantitative estimate of drug-likeness (QED) is 0.291. The van der Waals surface area contributed by atoms with Crippen LogP contribution in [0.4, 0.5) is 5.69 Å². The number of halogens is 1. The molecule has 1 atom stereocenters. The second-order valence-electron chi connectivity index (χ2n) is 11.3. The second-order valence-corrected chi connectivity index (χ2v) is 13.6. The van der Waals surface area contributed by atoms with Crippen LogP contribution in [0.15, 0.2) is 71.6 Å². The summed E-state index contributed by atoms with van der Waals surface area (Å²) < 4.78 is 29.3. The molecule has 0 aromatic heterocycles. The molecule has 0 radical (unpaired) electrons. The maximum atomic E-state index is 14.2. The number of hydrogen-bond acceptors (Lipinski definition) is 4. The van der Waals surface area contributed by atoms with Crippen molar-refractivity contribution >= 4 is 39.1 Å². The lowest BCUT2D eigenvalue weighted by Crippen LogP contribution is -2.53. The largest absolute Gasteiger partial charge is 0.352 e. The molecule has 224 valence electrons. The highest BCUT2D eigenvalue weighted by Crippen LogP contribution is 2.27. The van der Waals surface area contributed by atoms with Gasteiger partial charge in [0, 0.05) is 17.6 Å². The monoisotopic (exact) mass is 609 g/mol. The lowest BCUT2D eigenvalue weighted by molar-refractivity contribution is -0.139. The van der Waals surface area contributed by atoms with Crippen LogP contribution in [0.3, 0.4) is 0 Å². The molecule has 42 heavy (non-hydrogen) atoms. The van der Waals surface area contributed by atoms with Crippen LogP contribution in [0.1, 0.15) is 61.3 Å². The van der Waals surface area contributed by atoms with Gasteiger partial charge in [-0.2, -0.15) is 0 Å². The number of nitrogens with one attached hydrogen (secondary N) is 1. The van der Waals surface area contributed by atoms with Gasteiger partial charge in [-0.25, -0.2) is 8.42 Å². The molecule has 1 aliphatic rings. The summed E-state index contributed by atoms with van der Waals surface area (Å²) >= 11 is 6.24. The molecule has 0 spiro atoms. The molecule has 1 fully saturated rings. The Kier molecular flexibility index (Phi) is 10.3. The van der Waals surface area contributed by atoms with Gasteiger partial charge in [0.1, 0.15) is 12.6 Å². The van der Waals surface area contributed by atoms with E-state index in [4.69, 9.17) is 11.6 Å². The first-order valence-electron chi connectivity index (χ1n) is 14.5. The number of amides is 2. The Morgan fingerprint density at radius 3 is 2.17 bits per heavy atom. The molecule has 0 heterocycles. The van der Waals surface area contributed by atoms with Gasteiger partial charge < -0.3 is 10.2 Å². The minimum Gasteiger partial charge on any atom is -0.352 e. The number of rotatable bonds is 10. The second kappa shape index (κ2) is 13.7. The molecule has 9 heteroatoms. The maximum absolute atomic E-state index is 14.2. The van der Waals surface area contributed by atoms with Gasteiger partial charge >= 0.3 is 0 Å². The number of aryl methyl sites for hydroxylation is 3. The van der Waals surface area contributed by atoms with Gasteiger partial charge in [-0.3, -0.25) is 13.9 Å². The molecule has 0 saturated heterocycles. The van der Waals surface area contributed by atoms with E-state index in [1.165, 1.54) is 4.90 Å². The minimum atomic E-state index is -4.12. The zero-order valence-corrected chi connectivity index (χ0v) is 26.3. The predicted octanol–water partition coefficient (Wildman–Crippen LogP) is 6.33. The van der Waals surface area contributed by atoms with Gasteiger partial charge in [-0.1, -0.05) is 66.8 Å². The van der Waals surface area contributed by atoms with Gasteiger partial charge in [0.25, 0.3) is 10.0 Å². The Bertz CT molecular complexity index is 1500. The van der Waals surface area contributed by atoms with Crippen molar-refractivity contribution in [3.63, 3.8) is 0 Å². The molecule has 1 saturated carbocycles. The van der Waals surface area contributed by atoms with Crippen molar-refractivity contribution in [2.45, 2.75) is 83.3 Å². The predicted molar refractivity (Wildman–Crippen MR) is 168 cm³/mol. The van der Waals surface area contributed by atoms with E-state index in [2.05, 4.69) is 5.32 Å². The summed E-state index contributed by atoms with van der Waals surface area (Å²) in [4.78, 5) is 29.1. The van der Waals surface area contributed by atoms with E-state index in [1.54, 1.807) is 61.5 Å². The van der Waals surface area contributed by atoms with Gasteiger partial charge in [0.15, 0.2) is 0 Å². The van der Waals surface area contributed by atoms with Gasteiger partial charge in [0.05, 0.1) is 10.6 Å². The van der Waals surface area contributed by atoms with Crippen LogP contribution >= 0.6 is 11.6 Å². The minimum absolute atomic E-state index is 0.0745. The summed E-state index contributed by atoms with van der Waals surface area (Å²) in [5.41, 5.74) is 3.81. The number of hydrogen-bond donors (Lipinski definition) is 1. The number of nitrogens with zero attached hydrogens (tertiary/aromatic N) is 2. The van der Waals surface area contributed by atoms with Crippen LogP contribution in [0, 0.1) is 20.8 Å². The summed E-state index contributed by atoms with van der Waals surface area (Å²) in [7, 11) is -4.12. The Hall–Kier alpha value is -3.36. The highest BCUT2D eigenvalue weighted by molar-refractivity contribution is 7.92. The van der Waals surface area contributed by atoms with E-state index < -0.39 is 28.5 Å². The number of sulfonamides is 1. The SMILES string of the molecule is Cc1ccc(S(=O)(=O)N(CC(=O)N(Cc2cccc(Cl)c2)[C@@H](C)C(=O)NC2CCCCC2)c2cc(C)cc(C)c2)cc1. The Morgan fingerprint density at radius 1 is 0.905 bits per heavy atom. The molecule has 0 bridgehead atoms. The van der Waals surface area contributed by atoms with Gasteiger partial charge in [0.2, 0.25) is 11.8 Å². The van der Waals surface area contributed by atoms with E-state index in [0.717, 1.165) is 58.7 Å². The molecule has 2 amide bonds. The molecule has 3 aromatic carbocycles. The maximum Gasteiger partial charge on any atom is 0.264 e. The van der Waals surface area contributed by atoms with Gasteiger partial charge in [-0.05, 0) is 93.6 Å². The van der Waals surface area contributed by atoms with Crippen LogP contribution in [-0.4, -0.2) is 43.8 Å². The van der Waals surface area contributed by atoms with E-state index in [-0.39, 0.29) is 23.4 Å². The number of anilines is 1. The van der Waals surface area contributed by atoms with Gasteiger partial charge in [-0.15, -0.1) is 0 Å². The third kappa shape index (κ3) is 7.92. The summed E-state index contributed by atoms with van der Waals surface area (Å²) in [6.07, 6.45) is 5.11. The Balaban J connectivity index is 1.70. The lowest BCUT2D eigenvalue weighted by atomic mass is 9.95. The van der Waals surface area contributed by atoms with E-state index in [9.17, 15) is 18.0 Å². The fourth-order valence-corrected chi connectivity index (χ4v) is 7.05. The zero-order chi connectivity index (χ0) is 30.4. The normalized spacial score (nSPS) is 14.7. The molecule has 4 rings (SSSR count). The third-order valence-corrected chi connectivity index (χ3v) is 9.77. The van der Waals surface area contributed by atoms with Crippen LogP contribution in [0.5, 0.6) is 0 Å². The highest BCUT2D eigenvalue weighted by atomic mass is 35.5. The standard InChI is InChI=1S/C33H40ClN3O4S/c1-23-13-15-31(16-14-23)42(40,41)37(30-18-24(2)17-25(3)19-30)22-32(38)36(21-27-9-8-10-28(34)20-27)26(4)33(39)35-29-11-6-5-7-12-29/h8-10,13-20,26,29H,5-7,11-12,21-22H2,1-4H3,(H,35,39)/t26-/m0/s1. The number of carbonyl (C=O) groups is 2. The summed E-state index contributed by atoms with van der Waals surface area (Å²) in [5.74, 6) is -0.743. The first kappa shape index (κ1) is 31.6. The van der Waals surface area contributed by atoms with Crippen LogP contribution < -0.4 is 9.62 Å². The van der Waals surface area contributed by atoms with Crippen molar-refractivity contribution in [3.8, 4) is 0 Å². The number of benzene rings is 3. The molecule has 1 aliphatic carbocycles. The van der Waals surface area contributed by atoms with E-state index >= 15 is 0 Å². The van der Waals surface area contributed by atoms with Crippen molar-refractivity contribution in [1.82, 2.24) is 10.2 Å². The van der Waals surface area contributed by atoms with E-state index in [1.807, 2.05) is 32.9 Å². The summed E-state index contributed by atoms with van der Waals surface area (Å²) in [6.45, 7) is 6.98. The molecule has 3 aromatic rings. The molecule has 0 unspecified atom stereocenters. The van der Waals surface area contributed by atoms with Crippen molar-refractivity contribution in [2.75, 3.05) is 10.8 Å². The Labute approximate surface area is 254 Å². The van der Waals surface area contributed by atoms with Crippen LogP contribution in [0.2, 0.25) is 5.02 Å². The molecule has 0 aliphatic heterocycles. The Morgan fingerprint density at radius 2 is 1.55 bits per heavy atom. The first-order valence-corrected chi connectivity index (χ1v) is 16.3. The number of carbonyl (C=O) groups excluding carboxylic acids is 2. The van der Waals surface area contributed by atoms with Crippen LogP contribution in [0.25, 0.3) is 0 Å². The third-order valence-electron chi connectivity index (χ3n) is 7.74. The van der Waals surface area contributed by atoms with Crippen molar-refractivity contribution < 1.29 is 18.0 Å². The molecular weight excluding hydrogens is 570 g/mol. The van der Waals surface area contributed by atoms with Crippen molar-refractivity contribution in [2.24, 2.45) is 0 Å². The lowest BCUT2D eigenvalue weighted by Gasteiger charge is -2.33. The first-order chi connectivity index (χ1) is 19.9. The van der Waals surface area contributed by atoms with Crippen LogP contribution in [-0.2, 0) is 26.2 Å². The topological polar surface area (TPSA) is 86.8 Å². The highest BCUT2D eigenvalue weighted by Gasteiger charge is 2.33. The average Bonchev–Trinajstić information content (AvgIpc) is 2.94. The average molecular weight is 610 g/mol. The molecule has 7 nitrogen and oxygen atoms in total. The zero-order valence-electron chi connectivity index (χ0n) is 24.8. The van der Waals surface area contributed by atoms with E-state index in [0.29, 0.717) is 10.7 Å². The molecular formula is C33H40ClN3O4S. The fourth-order valence-electron chi connectivity index (χ4n) is 5.44. The molecule has 1 N–H and O–H groups in total. The van der Waals surface area contributed by atoms with Crippen molar-refractivity contribution in [1.29, 1.82) is 0 Å². The summed E-state index contributed by atoms with van der Waals surface area (Å²) in [5, 5.41) is 3.63. The smallest absolute Gasteiger partial charge is 0.264 e. The summed E-state index contributed by atoms with van der Waals surface area (Å²) in [6, 6.07) is 18.4. The fraction of sp³-hybridized carbons (Fsp3) is 0.394.